The summed E-state index contributed by atoms with van der Waals surface area (Å²) in [4.78, 5) is 14.5. The smallest absolute Gasteiger partial charge is 0.256 e. The SMILES string of the molecule is C/C(N)=C/C(C(=O)NC(C)N)=C(\N)N1CCC(NC2CCCCC2)C(CO)C1. The second-order valence-corrected chi connectivity index (χ2v) is 8.23. The number of amides is 1. The third-order valence-electron chi connectivity index (χ3n) is 5.62. The predicted octanol–water partition coefficient (Wildman–Crippen LogP) is 0.0452. The van der Waals surface area contributed by atoms with Crippen LogP contribution in [0.1, 0.15) is 52.4 Å². The number of aliphatic hydroxyl groups is 1. The Balaban J connectivity index is 2.11. The minimum Gasteiger partial charge on any atom is -0.402 e. The lowest BCUT2D eigenvalue weighted by Gasteiger charge is -2.41. The van der Waals surface area contributed by atoms with Gasteiger partial charge in [0.05, 0.1) is 11.7 Å². The van der Waals surface area contributed by atoms with Crippen molar-refractivity contribution in [2.45, 2.75) is 70.6 Å². The van der Waals surface area contributed by atoms with Crippen molar-refractivity contribution in [3.63, 3.8) is 0 Å². The van der Waals surface area contributed by atoms with Gasteiger partial charge in [-0.25, -0.2) is 0 Å². The number of allylic oxidation sites excluding steroid dienone is 1. The van der Waals surface area contributed by atoms with Crippen LogP contribution < -0.4 is 27.8 Å². The molecule has 2 rings (SSSR count). The Kier molecular flexibility index (Phi) is 8.59. The molecule has 2 aliphatic rings. The number of likely N-dealkylation sites (tertiary alicyclic amines) is 1. The Bertz CT molecular complexity index is 579. The van der Waals surface area contributed by atoms with Gasteiger partial charge in [-0.15, -0.1) is 0 Å². The number of nitrogens with two attached hydrogens (primary N) is 3. The van der Waals surface area contributed by atoms with E-state index in [4.69, 9.17) is 17.2 Å². The van der Waals surface area contributed by atoms with Crippen LogP contribution in [0.2, 0.25) is 0 Å². The van der Waals surface area contributed by atoms with Crippen LogP contribution in [-0.4, -0.2) is 53.9 Å². The maximum absolute atomic E-state index is 12.5. The van der Waals surface area contributed by atoms with Gasteiger partial charge in [0.15, 0.2) is 0 Å². The monoisotopic (exact) mass is 394 g/mol. The molecule has 1 aliphatic carbocycles. The number of aliphatic hydroxyl groups excluding tert-OH is 1. The molecule has 0 bridgehead atoms. The number of carbonyl (C=O) groups excluding carboxylic acids is 1. The lowest BCUT2D eigenvalue weighted by molar-refractivity contribution is -0.117. The van der Waals surface area contributed by atoms with E-state index in [1.165, 1.54) is 32.1 Å². The van der Waals surface area contributed by atoms with Crippen LogP contribution in [0.5, 0.6) is 0 Å². The van der Waals surface area contributed by atoms with E-state index in [2.05, 4.69) is 10.6 Å². The molecular formula is C20H38N6O2. The van der Waals surface area contributed by atoms with Gasteiger partial charge in [0, 0.05) is 43.4 Å². The molecule has 9 N–H and O–H groups in total. The highest BCUT2D eigenvalue weighted by Gasteiger charge is 2.32. The van der Waals surface area contributed by atoms with Gasteiger partial charge < -0.3 is 37.8 Å². The van der Waals surface area contributed by atoms with Crippen LogP contribution >= 0.6 is 0 Å². The van der Waals surface area contributed by atoms with Crippen LogP contribution in [0.25, 0.3) is 0 Å². The average molecular weight is 395 g/mol. The molecule has 3 atom stereocenters. The van der Waals surface area contributed by atoms with Gasteiger partial charge in [-0.05, 0) is 39.2 Å². The van der Waals surface area contributed by atoms with Crippen LogP contribution in [-0.2, 0) is 4.79 Å². The highest BCUT2D eigenvalue weighted by molar-refractivity contribution is 5.97. The summed E-state index contributed by atoms with van der Waals surface area (Å²) < 4.78 is 0. The Morgan fingerprint density at radius 1 is 1.25 bits per heavy atom. The largest absolute Gasteiger partial charge is 0.402 e. The van der Waals surface area contributed by atoms with Crippen LogP contribution in [0.15, 0.2) is 23.2 Å². The average Bonchev–Trinajstić information content (AvgIpc) is 2.66. The third kappa shape index (κ3) is 6.39. The van der Waals surface area contributed by atoms with Gasteiger partial charge in [0.2, 0.25) is 0 Å². The highest BCUT2D eigenvalue weighted by Crippen LogP contribution is 2.24. The lowest BCUT2D eigenvalue weighted by Crippen LogP contribution is -2.54. The maximum Gasteiger partial charge on any atom is 0.256 e. The fraction of sp³-hybridized carbons (Fsp3) is 0.750. The number of nitrogens with one attached hydrogen (secondary N) is 2. The molecule has 1 aliphatic heterocycles. The molecule has 0 aromatic carbocycles. The molecule has 1 amide bonds. The standard InChI is InChI=1S/C20H38N6O2/c1-13(21)10-17(20(28)24-14(2)22)19(23)26-9-8-18(15(11-26)12-27)25-16-6-4-3-5-7-16/h10,14-16,18,25,27H,3-9,11-12,21-23H2,1-2H3,(H,24,28)/b13-10-,19-17-. The number of hydrogen-bond donors (Lipinski definition) is 6. The van der Waals surface area contributed by atoms with E-state index < -0.39 is 6.17 Å². The molecule has 3 unspecified atom stereocenters. The van der Waals surface area contributed by atoms with E-state index >= 15 is 0 Å². The molecule has 1 heterocycles. The molecule has 0 aromatic rings. The van der Waals surface area contributed by atoms with E-state index in [9.17, 15) is 9.90 Å². The summed E-state index contributed by atoms with van der Waals surface area (Å²) in [7, 11) is 0. The van der Waals surface area contributed by atoms with Crippen molar-refractivity contribution in [1.29, 1.82) is 0 Å². The third-order valence-corrected chi connectivity index (χ3v) is 5.62. The van der Waals surface area contributed by atoms with Crippen LogP contribution in [0.3, 0.4) is 0 Å². The molecule has 28 heavy (non-hydrogen) atoms. The fourth-order valence-corrected chi connectivity index (χ4v) is 4.17. The lowest BCUT2D eigenvalue weighted by atomic mass is 9.89. The molecule has 8 nitrogen and oxygen atoms in total. The first kappa shape index (κ1) is 22.5. The van der Waals surface area contributed by atoms with E-state index in [1.807, 2.05) is 4.90 Å². The zero-order chi connectivity index (χ0) is 20.7. The first-order valence-corrected chi connectivity index (χ1v) is 10.4. The summed E-state index contributed by atoms with van der Waals surface area (Å²) in [6, 6.07) is 0.813. The van der Waals surface area contributed by atoms with Crippen molar-refractivity contribution in [3.05, 3.63) is 23.2 Å². The van der Waals surface area contributed by atoms with Gasteiger partial charge in [-0.3, -0.25) is 4.79 Å². The van der Waals surface area contributed by atoms with Crippen LogP contribution in [0.4, 0.5) is 0 Å². The predicted molar refractivity (Wildman–Crippen MR) is 112 cm³/mol. The van der Waals surface area contributed by atoms with Crippen molar-refractivity contribution >= 4 is 5.91 Å². The number of piperidine rings is 1. The molecule has 0 spiro atoms. The van der Waals surface area contributed by atoms with Crippen molar-refractivity contribution < 1.29 is 9.90 Å². The molecule has 2 fully saturated rings. The second kappa shape index (κ2) is 10.7. The van der Waals surface area contributed by atoms with Crippen molar-refractivity contribution in [2.24, 2.45) is 23.1 Å². The summed E-state index contributed by atoms with van der Waals surface area (Å²) in [5, 5.41) is 16.4. The van der Waals surface area contributed by atoms with Gasteiger partial charge in [0.1, 0.15) is 5.82 Å². The summed E-state index contributed by atoms with van der Waals surface area (Å²) in [6.07, 6.45) is 8.26. The first-order valence-electron chi connectivity index (χ1n) is 10.4. The van der Waals surface area contributed by atoms with Crippen molar-refractivity contribution in [2.75, 3.05) is 19.7 Å². The minimum atomic E-state index is -0.489. The Labute approximate surface area is 168 Å². The fourth-order valence-electron chi connectivity index (χ4n) is 4.17. The minimum absolute atomic E-state index is 0.0647. The topological polar surface area (TPSA) is 143 Å². The summed E-state index contributed by atoms with van der Waals surface area (Å²) in [6.45, 7) is 4.80. The number of nitrogens with zero attached hydrogens (tertiary/aromatic N) is 1. The summed E-state index contributed by atoms with van der Waals surface area (Å²) >= 11 is 0. The Morgan fingerprint density at radius 2 is 1.93 bits per heavy atom. The Morgan fingerprint density at radius 3 is 2.50 bits per heavy atom. The number of carbonyl (C=O) groups is 1. The first-order chi connectivity index (χ1) is 13.3. The maximum atomic E-state index is 12.5. The van der Waals surface area contributed by atoms with Crippen molar-refractivity contribution in [3.8, 4) is 0 Å². The molecule has 160 valence electrons. The molecular weight excluding hydrogens is 356 g/mol. The van der Waals surface area contributed by atoms with Crippen molar-refractivity contribution in [1.82, 2.24) is 15.5 Å². The molecule has 0 radical (unpaired) electrons. The zero-order valence-electron chi connectivity index (χ0n) is 17.3. The quantitative estimate of drug-likeness (QED) is 0.203. The van der Waals surface area contributed by atoms with E-state index in [-0.39, 0.29) is 24.5 Å². The molecule has 0 aromatic heterocycles. The van der Waals surface area contributed by atoms with Gasteiger partial charge >= 0.3 is 0 Å². The Hall–Kier alpha value is -1.77. The van der Waals surface area contributed by atoms with Gasteiger partial charge in [0.25, 0.3) is 5.91 Å². The normalized spacial score (nSPS) is 26.6. The molecule has 1 saturated carbocycles. The van der Waals surface area contributed by atoms with Gasteiger partial charge in [-0.1, -0.05) is 19.3 Å². The van der Waals surface area contributed by atoms with Crippen LogP contribution in [0, 0.1) is 5.92 Å². The van der Waals surface area contributed by atoms with Gasteiger partial charge in [-0.2, -0.15) is 0 Å². The number of rotatable bonds is 7. The second-order valence-electron chi connectivity index (χ2n) is 8.23. The highest BCUT2D eigenvalue weighted by atomic mass is 16.3. The van der Waals surface area contributed by atoms with E-state index in [0.717, 1.165) is 13.0 Å². The van der Waals surface area contributed by atoms with E-state index in [1.54, 1.807) is 19.9 Å². The summed E-state index contributed by atoms with van der Waals surface area (Å²) in [5.41, 5.74) is 18.7. The number of hydrogen-bond acceptors (Lipinski definition) is 7. The molecule has 8 heteroatoms. The summed E-state index contributed by atoms with van der Waals surface area (Å²) in [5.74, 6) is 0.0905. The van der Waals surface area contributed by atoms with E-state index in [0.29, 0.717) is 29.7 Å². The zero-order valence-corrected chi connectivity index (χ0v) is 17.3. The molecule has 1 saturated heterocycles.